The number of phenols is 1. The molecule has 2 saturated heterocycles. The number of esters is 1. The van der Waals surface area contributed by atoms with Crippen LogP contribution in [0.2, 0.25) is 0 Å². The Morgan fingerprint density at radius 2 is 1.80 bits per heavy atom. The number of pyridine rings is 1. The van der Waals surface area contributed by atoms with Crippen molar-refractivity contribution in [2.75, 3.05) is 58.4 Å². The number of carbonyl (C=O) groups is 2. The van der Waals surface area contributed by atoms with Gasteiger partial charge in [0.2, 0.25) is 0 Å². The number of rotatable bonds is 5. The van der Waals surface area contributed by atoms with Crippen molar-refractivity contribution in [3.63, 3.8) is 0 Å². The molecule has 12 heteroatoms. The van der Waals surface area contributed by atoms with Crippen molar-refractivity contribution < 1.29 is 24.2 Å². The third-order valence-electron chi connectivity index (χ3n) is 12.7. The van der Waals surface area contributed by atoms with Crippen molar-refractivity contribution in [1.29, 1.82) is 0 Å². The van der Waals surface area contributed by atoms with Gasteiger partial charge in [-0.25, -0.2) is 5.43 Å². The van der Waals surface area contributed by atoms with Gasteiger partial charge in [-0.2, -0.15) is 0 Å². The number of likely N-dealkylation sites (N-methyl/N-ethyl adjacent to an activating group) is 1. The van der Waals surface area contributed by atoms with Gasteiger partial charge in [0.25, 0.3) is 5.91 Å². The fourth-order valence-corrected chi connectivity index (χ4v) is 9.14. The average molecular weight is 764 g/mol. The van der Waals surface area contributed by atoms with Crippen molar-refractivity contribution in [2.24, 2.45) is 16.6 Å². The summed E-state index contributed by atoms with van der Waals surface area (Å²) in [6.07, 6.45) is 5.10. The Morgan fingerprint density at radius 1 is 1.04 bits per heavy atom. The van der Waals surface area contributed by atoms with E-state index in [-0.39, 0.29) is 42.2 Å². The summed E-state index contributed by atoms with van der Waals surface area (Å²) in [4.78, 5) is 37.6. The number of ether oxygens (including phenoxy) is 2. The van der Waals surface area contributed by atoms with Gasteiger partial charge in [0.05, 0.1) is 42.0 Å². The Morgan fingerprint density at radius 3 is 2.52 bits per heavy atom. The molecular formula is C44H57N7O5. The number of benzene rings is 2. The van der Waals surface area contributed by atoms with Crippen molar-refractivity contribution in [3.05, 3.63) is 65.5 Å². The molecule has 0 radical (unpaired) electrons. The summed E-state index contributed by atoms with van der Waals surface area (Å²) in [7, 11) is 3.89. The third kappa shape index (κ3) is 7.17. The molecule has 3 atom stereocenters. The number of methoxy groups -OCH3 is 1. The van der Waals surface area contributed by atoms with Crippen molar-refractivity contribution in [2.45, 2.75) is 84.5 Å². The van der Waals surface area contributed by atoms with Crippen LogP contribution in [0, 0.1) is 10.8 Å². The maximum absolute atomic E-state index is 14.0. The minimum atomic E-state index is -0.867. The van der Waals surface area contributed by atoms with Gasteiger partial charge in [0.1, 0.15) is 11.8 Å². The number of fused-ring (bicyclic) bond motifs is 7. The summed E-state index contributed by atoms with van der Waals surface area (Å²) in [6.45, 7) is 13.7. The van der Waals surface area contributed by atoms with Gasteiger partial charge in [0, 0.05) is 68.3 Å². The maximum Gasteiger partial charge on any atom is 0.325 e. The molecule has 3 aliphatic heterocycles. The number of aromatic hydroxyl groups is 1. The van der Waals surface area contributed by atoms with E-state index in [0.717, 1.165) is 94.8 Å². The lowest BCUT2D eigenvalue weighted by atomic mass is 9.83. The van der Waals surface area contributed by atoms with Crippen molar-refractivity contribution >= 4 is 28.5 Å². The number of aromatic nitrogens is 2. The molecule has 2 aromatic heterocycles. The van der Waals surface area contributed by atoms with E-state index in [9.17, 15) is 14.7 Å². The van der Waals surface area contributed by atoms with Crippen LogP contribution in [0.25, 0.3) is 33.3 Å². The lowest BCUT2D eigenvalue weighted by Gasteiger charge is -2.40. The number of anilines is 1. The number of hydrogen-bond donors (Lipinski definition) is 3. The fraction of sp³-hybridized carbons (Fsp3) is 0.523. The molecule has 1 amide bonds. The van der Waals surface area contributed by atoms with Gasteiger partial charge in [-0.3, -0.25) is 19.6 Å². The van der Waals surface area contributed by atoms with Crippen LogP contribution >= 0.6 is 0 Å². The molecule has 2 aromatic carbocycles. The lowest BCUT2D eigenvalue weighted by Crippen LogP contribution is -2.63. The summed E-state index contributed by atoms with van der Waals surface area (Å²) >= 11 is 0. The molecule has 6 bridgehead atoms. The second-order valence-corrected chi connectivity index (χ2v) is 17.4. The minimum absolute atomic E-state index is 0.111. The average Bonchev–Trinajstić information content (AvgIpc) is 3.89. The van der Waals surface area contributed by atoms with E-state index in [1.165, 1.54) is 5.01 Å². The largest absolute Gasteiger partial charge is 0.508 e. The van der Waals surface area contributed by atoms with Crippen LogP contribution in [0.1, 0.15) is 69.9 Å². The maximum atomic E-state index is 14.0. The number of nitrogens with two attached hydrogens (primary N) is 1. The number of nitrogens with one attached hydrogen (secondary N) is 1. The summed E-state index contributed by atoms with van der Waals surface area (Å²) in [5.41, 5.74) is 18.0. The van der Waals surface area contributed by atoms with E-state index < -0.39 is 17.5 Å². The molecule has 8 rings (SSSR count). The van der Waals surface area contributed by atoms with Gasteiger partial charge in [-0.1, -0.05) is 26.0 Å². The number of carbonyl (C=O) groups excluding carboxylic acids is 2. The lowest BCUT2D eigenvalue weighted by molar-refractivity contribution is -0.158. The molecule has 298 valence electrons. The molecule has 3 fully saturated rings. The molecular weight excluding hydrogens is 707 g/mol. The van der Waals surface area contributed by atoms with Crippen LogP contribution in [0.15, 0.2) is 48.7 Å². The number of hydrogen-bond acceptors (Lipinski definition) is 10. The second-order valence-electron chi connectivity index (χ2n) is 17.4. The van der Waals surface area contributed by atoms with Crippen LogP contribution in [-0.4, -0.2) is 102 Å². The van der Waals surface area contributed by atoms with E-state index in [0.29, 0.717) is 25.9 Å². The molecule has 1 saturated carbocycles. The first-order chi connectivity index (χ1) is 26.8. The number of phenolic OH excluding ortho intramolecular Hbond substituents is 1. The topological polar surface area (TPSA) is 138 Å². The van der Waals surface area contributed by atoms with Crippen molar-refractivity contribution in [3.8, 4) is 28.1 Å². The van der Waals surface area contributed by atoms with Gasteiger partial charge in [-0.15, -0.1) is 0 Å². The Bertz CT molecular complexity index is 2150. The van der Waals surface area contributed by atoms with Crippen LogP contribution in [-0.2, 0) is 38.4 Å². The van der Waals surface area contributed by atoms with Gasteiger partial charge in [-0.05, 0) is 111 Å². The highest BCUT2D eigenvalue weighted by molar-refractivity contribution is 5.96. The molecule has 4 N–H and O–H groups in total. The van der Waals surface area contributed by atoms with Gasteiger partial charge in [0.15, 0.2) is 0 Å². The monoisotopic (exact) mass is 763 g/mol. The quantitative estimate of drug-likeness (QED) is 0.226. The number of aryl methyl sites for hydroxylation is 1. The highest BCUT2D eigenvalue weighted by atomic mass is 16.5. The van der Waals surface area contributed by atoms with Gasteiger partial charge >= 0.3 is 5.97 Å². The van der Waals surface area contributed by atoms with Crippen LogP contribution in [0.3, 0.4) is 0 Å². The standard InChI is InChI=1S/C44H57N7O5/c1-7-50-37-9-8-29-22-33(37)35(39(50)34-23-31(25-46-38(34)27(2)55-6)49-16-14-48(5)15-17-49)24-43(3,4)26-56-42(54)40-44(10-11-44)12-13-51(47-40)41(53)36(45)20-28-18-30(29)21-32(52)19-28/h8-9,18-19,21-23,25,27,36,40,47,52H,7,10-17,20,24,26,45H2,1-6H3/t27-,36-,40?/m0/s1. The number of cyclic esters (lactones) is 1. The van der Waals surface area contributed by atoms with E-state index in [4.69, 9.17) is 20.2 Å². The number of piperazine rings is 1. The number of amides is 1. The summed E-state index contributed by atoms with van der Waals surface area (Å²) < 4.78 is 14.6. The summed E-state index contributed by atoms with van der Waals surface area (Å²) in [6, 6.07) is 12.7. The molecule has 4 aromatic rings. The molecule has 12 nitrogen and oxygen atoms in total. The van der Waals surface area contributed by atoms with E-state index in [1.807, 2.05) is 19.2 Å². The SMILES string of the molecule is CCn1c(-c2cc(N3CCN(C)CC3)cnc2[C@H](C)OC)c2c3cc(ccc31)-c1cc(O)cc(c1)C[C@H](N)C(=O)N1CCC3(CC3)C(N1)C(=O)OCC(C)(C)C2. The fourth-order valence-electron chi connectivity index (χ4n) is 9.14. The van der Waals surface area contributed by atoms with Crippen LogP contribution in [0.5, 0.6) is 5.75 Å². The van der Waals surface area contributed by atoms with Crippen molar-refractivity contribution in [1.82, 2.24) is 24.9 Å². The first kappa shape index (κ1) is 38.4. The molecule has 1 aliphatic carbocycles. The smallest absolute Gasteiger partial charge is 0.325 e. The summed E-state index contributed by atoms with van der Waals surface area (Å²) in [5, 5.41) is 13.6. The summed E-state index contributed by atoms with van der Waals surface area (Å²) in [5.74, 6) is -0.504. The van der Waals surface area contributed by atoms with E-state index in [1.54, 1.807) is 19.2 Å². The number of hydrazine groups is 1. The zero-order valence-corrected chi connectivity index (χ0v) is 33.7. The second kappa shape index (κ2) is 14.8. The van der Waals surface area contributed by atoms with Crippen LogP contribution < -0.4 is 16.1 Å². The normalized spacial score (nSPS) is 23.3. The first-order valence-electron chi connectivity index (χ1n) is 20.2. The highest BCUT2D eigenvalue weighted by Crippen LogP contribution is 2.54. The molecule has 1 spiro atoms. The van der Waals surface area contributed by atoms with Crippen LogP contribution in [0.4, 0.5) is 5.69 Å². The molecule has 1 unspecified atom stereocenters. The molecule has 5 heterocycles. The Balaban J connectivity index is 1.31. The van der Waals surface area contributed by atoms with Gasteiger partial charge < -0.3 is 34.7 Å². The van der Waals surface area contributed by atoms with E-state index in [2.05, 4.69) is 71.9 Å². The first-order valence-corrected chi connectivity index (χ1v) is 20.2. The zero-order valence-electron chi connectivity index (χ0n) is 33.7. The third-order valence-corrected chi connectivity index (χ3v) is 12.7. The Hall–Kier alpha value is -4.49. The highest BCUT2D eigenvalue weighted by Gasteiger charge is 2.56. The number of nitrogens with zero attached hydrogens (tertiary/aromatic N) is 5. The predicted molar refractivity (Wildman–Crippen MR) is 218 cm³/mol. The predicted octanol–water partition coefficient (Wildman–Crippen LogP) is 5.44. The molecule has 56 heavy (non-hydrogen) atoms. The minimum Gasteiger partial charge on any atom is -0.508 e. The molecule has 4 aliphatic rings. The van der Waals surface area contributed by atoms with E-state index >= 15 is 0 Å². The Kier molecular flexibility index (Phi) is 10.1. The Labute approximate surface area is 329 Å². The zero-order chi connectivity index (χ0) is 39.5.